The number of halogens is 2. The van der Waals surface area contributed by atoms with Gasteiger partial charge < -0.3 is 16.0 Å². The van der Waals surface area contributed by atoms with Crippen LogP contribution in [0.2, 0.25) is 0 Å². The fourth-order valence-corrected chi connectivity index (χ4v) is 2.41. The molecule has 0 aliphatic heterocycles. The zero-order chi connectivity index (χ0) is 20.1. The van der Waals surface area contributed by atoms with Crippen LogP contribution < -0.4 is 16.0 Å². The highest BCUT2D eigenvalue weighted by Gasteiger charge is 2.11. The lowest BCUT2D eigenvalue weighted by Crippen LogP contribution is -2.13. The van der Waals surface area contributed by atoms with Crippen molar-refractivity contribution in [3.63, 3.8) is 0 Å². The zero-order valence-corrected chi connectivity index (χ0v) is 14.8. The zero-order valence-electron chi connectivity index (χ0n) is 14.8. The van der Waals surface area contributed by atoms with Gasteiger partial charge in [0.1, 0.15) is 17.5 Å². The molecule has 0 atom stereocenters. The van der Waals surface area contributed by atoms with E-state index in [0.29, 0.717) is 23.3 Å². The Morgan fingerprint density at radius 1 is 0.929 bits per heavy atom. The molecule has 6 nitrogen and oxygen atoms in total. The molecule has 3 N–H and O–H groups in total. The molecule has 3 rings (SSSR count). The number of carbonyl (C=O) groups excluding carboxylic acids is 2. The number of benzene rings is 2. The highest BCUT2D eigenvalue weighted by atomic mass is 19.1. The van der Waals surface area contributed by atoms with Crippen molar-refractivity contribution in [2.24, 2.45) is 0 Å². The summed E-state index contributed by atoms with van der Waals surface area (Å²) < 4.78 is 26.6. The summed E-state index contributed by atoms with van der Waals surface area (Å²) >= 11 is 0. The van der Waals surface area contributed by atoms with Crippen LogP contribution in [0.25, 0.3) is 0 Å². The molecular formula is C20H16F2N4O2. The predicted molar refractivity (Wildman–Crippen MR) is 103 cm³/mol. The van der Waals surface area contributed by atoms with Crippen molar-refractivity contribution in [1.29, 1.82) is 0 Å². The second-order valence-corrected chi connectivity index (χ2v) is 5.90. The molecule has 142 valence electrons. The smallest absolute Gasteiger partial charge is 0.257 e. The lowest BCUT2D eigenvalue weighted by Gasteiger charge is -2.09. The second-order valence-electron chi connectivity index (χ2n) is 5.90. The molecule has 0 aliphatic carbocycles. The normalized spacial score (nSPS) is 10.2. The summed E-state index contributed by atoms with van der Waals surface area (Å²) in [7, 11) is 0. The molecule has 2 amide bonds. The van der Waals surface area contributed by atoms with Crippen molar-refractivity contribution >= 4 is 34.7 Å². The van der Waals surface area contributed by atoms with Gasteiger partial charge in [0, 0.05) is 30.6 Å². The Bertz CT molecular complexity index is 1020. The molecule has 0 fully saturated rings. The maximum Gasteiger partial charge on any atom is 0.257 e. The number of rotatable bonds is 5. The number of hydrogen-bond acceptors (Lipinski definition) is 4. The van der Waals surface area contributed by atoms with Crippen LogP contribution in [0.1, 0.15) is 17.3 Å². The van der Waals surface area contributed by atoms with Crippen molar-refractivity contribution in [2.75, 3.05) is 16.0 Å². The minimum absolute atomic E-state index is 0.122. The summed E-state index contributed by atoms with van der Waals surface area (Å²) in [4.78, 5) is 27.5. The Morgan fingerprint density at radius 3 is 2.39 bits per heavy atom. The van der Waals surface area contributed by atoms with Gasteiger partial charge in [-0.15, -0.1) is 0 Å². The van der Waals surface area contributed by atoms with Gasteiger partial charge in [0.05, 0.1) is 11.3 Å². The van der Waals surface area contributed by atoms with Crippen LogP contribution in [-0.4, -0.2) is 16.8 Å². The van der Waals surface area contributed by atoms with Crippen molar-refractivity contribution in [3.8, 4) is 0 Å². The van der Waals surface area contributed by atoms with E-state index in [0.717, 1.165) is 12.1 Å². The van der Waals surface area contributed by atoms with Gasteiger partial charge in [0.25, 0.3) is 5.91 Å². The minimum atomic E-state index is -0.862. The Kier molecular flexibility index (Phi) is 5.59. The number of nitrogens with one attached hydrogen (secondary N) is 3. The lowest BCUT2D eigenvalue weighted by molar-refractivity contribution is -0.114. The first-order chi connectivity index (χ1) is 13.4. The molecular weight excluding hydrogens is 366 g/mol. The third-order valence-corrected chi connectivity index (χ3v) is 3.66. The van der Waals surface area contributed by atoms with Crippen molar-refractivity contribution in [3.05, 3.63) is 78.0 Å². The molecule has 0 spiro atoms. The highest BCUT2D eigenvalue weighted by Crippen LogP contribution is 2.20. The van der Waals surface area contributed by atoms with Crippen LogP contribution in [0.4, 0.5) is 31.7 Å². The van der Waals surface area contributed by atoms with E-state index in [9.17, 15) is 18.4 Å². The van der Waals surface area contributed by atoms with Crippen LogP contribution in [0.15, 0.2) is 60.8 Å². The number of hydrogen-bond donors (Lipinski definition) is 3. The van der Waals surface area contributed by atoms with Crippen molar-refractivity contribution < 1.29 is 18.4 Å². The van der Waals surface area contributed by atoms with Crippen LogP contribution in [-0.2, 0) is 4.79 Å². The van der Waals surface area contributed by atoms with E-state index in [1.807, 2.05) is 0 Å². The average Bonchev–Trinajstić information content (AvgIpc) is 2.64. The van der Waals surface area contributed by atoms with Crippen LogP contribution in [0, 0.1) is 11.6 Å². The fourth-order valence-electron chi connectivity index (χ4n) is 2.41. The molecule has 3 aromatic rings. The van der Waals surface area contributed by atoms with E-state index in [2.05, 4.69) is 20.9 Å². The topological polar surface area (TPSA) is 83.1 Å². The van der Waals surface area contributed by atoms with Gasteiger partial charge in [-0.05, 0) is 42.5 Å². The van der Waals surface area contributed by atoms with E-state index in [4.69, 9.17) is 0 Å². The summed E-state index contributed by atoms with van der Waals surface area (Å²) in [6.07, 6.45) is 1.33. The first kappa shape index (κ1) is 19.0. The Morgan fingerprint density at radius 2 is 1.71 bits per heavy atom. The SMILES string of the molecule is CC(=O)Nc1cccc(Nc2ccc(C(=O)Nc3ccc(F)cc3F)cn2)c1. The third-order valence-electron chi connectivity index (χ3n) is 3.66. The van der Waals surface area contributed by atoms with Crippen molar-refractivity contribution in [2.45, 2.75) is 6.92 Å². The van der Waals surface area contributed by atoms with Gasteiger partial charge in [-0.2, -0.15) is 0 Å². The number of nitrogens with zero attached hydrogens (tertiary/aromatic N) is 1. The number of anilines is 4. The monoisotopic (exact) mass is 382 g/mol. The summed E-state index contributed by atoms with van der Waals surface area (Å²) in [6, 6.07) is 13.0. The quantitative estimate of drug-likeness (QED) is 0.614. The van der Waals surface area contributed by atoms with E-state index in [1.54, 1.807) is 30.3 Å². The Labute approximate surface area is 159 Å². The molecule has 28 heavy (non-hydrogen) atoms. The van der Waals surface area contributed by atoms with Crippen LogP contribution in [0.5, 0.6) is 0 Å². The molecule has 0 saturated heterocycles. The first-order valence-corrected chi connectivity index (χ1v) is 8.28. The molecule has 0 saturated carbocycles. The molecule has 0 bridgehead atoms. The largest absolute Gasteiger partial charge is 0.340 e. The Balaban J connectivity index is 1.67. The molecule has 0 unspecified atom stereocenters. The van der Waals surface area contributed by atoms with Crippen LogP contribution in [0.3, 0.4) is 0 Å². The van der Waals surface area contributed by atoms with E-state index in [-0.39, 0.29) is 17.2 Å². The maximum atomic E-state index is 13.6. The number of amides is 2. The molecule has 1 heterocycles. The number of carbonyl (C=O) groups is 2. The summed E-state index contributed by atoms with van der Waals surface area (Å²) in [5, 5.41) is 8.10. The van der Waals surface area contributed by atoms with E-state index < -0.39 is 17.5 Å². The second kappa shape index (κ2) is 8.26. The lowest BCUT2D eigenvalue weighted by atomic mass is 10.2. The van der Waals surface area contributed by atoms with Gasteiger partial charge >= 0.3 is 0 Å². The predicted octanol–water partition coefficient (Wildman–Crippen LogP) is 4.31. The Hall–Kier alpha value is -3.81. The molecule has 2 aromatic carbocycles. The summed E-state index contributed by atoms with van der Waals surface area (Å²) in [6.45, 7) is 1.42. The van der Waals surface area contributed by atoms with Gasteiger partial charge in [0.2, 0.25) is 5.91 Å². The maximum absolute atomic E-state index is 13.6. The molecule has 1 aromatic heterocycles. The highest BCUT2D eigenvalue weighted by molar-refractivity contribution is 6.04. The third kappa shape index (κ3) is 4.88. The van der Waals surface area contributed by atoms with Crippen molar-refractivity contribution in [1.82, 2.24) is 4.98 Å². The van der Waals surface area contributed by atoms with E-state index in [1.165, 1.54) is 19.2 Å². The summed E-state index contributed by atoms with van der Waals surface area (Å²) in [5.74, 6) is -1.86. The first-order valence-electron chi connectivity index (χ1n) is 8.28. The number of pyridine rings is 1. The molecule has 0 aliphatic rings. The summed E-state index contributed by atoms with van der Waals surface area (Å²) in [5.41, 5.74) is 1.42. The average molecular weight is 382 g/mol. The standard InChI is InChI=1S/C20H16F2N4O2/c1-12(27)24-15-3-2-4-16(10-15)25-19-8-5-13(11-23-19)20(28)26-18-7-6-14(21)9-17(18)22/h2-11H,1H3,(H,23,25)(H,24,27)(H,26,28). The van der Waals surface area contributed by atoms with Crippen LogP contribution >= 0.6 is 0 Å². The molecule has 8 heteroatoms. The van der Waals surface area contributed by atoms with Gasteiger partial charge in [-0.25, -0.2) is 13.8 Å². The fraction of sp³-hybridized carbons (Fsp3) is 0.0500. The minimum Gasteiger partial charge on any atom is -0.340 e. The van der Waals surface area contributed by atoms with Gasteiger partial charge in [0.15, 0.2) is 0 Å². The number of aromatic nitrogens is 1. The van der Waals surface area contributed by atoms with Gasteiger partial charge in [-0.1, -0.05) is 6.07 Å². The van der Waals surface area contributed by atoms with Gasteiger partial charge in [-0.3, -0.25) is 9.59 Å². The van der Waals surface area contributed by atoms with E-state index >= 15 is 0 Å². The molecule has 0 radical (unpaired) electrons.